The number of hydrogen-bond donors (Lipinski definition) is 2. The Hall–Kier alpha value is -2.00. The third-order valence-electron chi connectivity index (χ3n) is 4.06. The smallest absolute Gasteiger partial charge is 0.280 e. The first-order chi connectivity index (χ1) is 11.5. The van der Waals surface area contributed by atoms with E-state index in [9.17, 15) is 9.59 Å². The van der Waals surface area contributed by atoms with Crippen LogP contribution in [0.5, 0.6) is 0 Å². The fraction of sp³-hybridized carbons (Fsp3) is 0.538. The highest BCUT2D eigenvalue weighted by atomic mass is 35.5. The number of carbonyl (C=O) groups excluding carboxylic acids is 1. The number of aromatic nitrogens is 6. The molecule has 1 amide bonds. The summed E-state index contributed by atoms with van der Waals surface area (Å²) >= 11 is 12.8. The number of aromatic amines is 1. The maximum atomic E-state index is 12.5. The molecule has 0 aromatic carbocycles. The van der Waals surface area contributed by atoms with Crippen LogP contribution in [0.4, 0.5) is 5.95 Å². The van der Waals surface area contributed by atoms with Crippen molar-refractivity contribution in [2.75, 3.05) is 5.32 Å². The summed E-state index contributed by atoms with van der Waals surface area (Å²) < 4.78 is 1.10. The minimum atomic E-state index is -0.614. The van der Waals surface area contributed by atoms with Crippen molar-refractivity contribution in [2.24, 2.45) is 7.05 Å². The second-order valence-electron chi connectivity index (χ2n) is 5.62. The van der Waals surface area contributed by atoms with E-state index in [4.69, 9.17) is 23.2 Å². The quantitative estimate of drug-likeness (QED) is 0.788. The van der Waals surface area contributed by atoms with E-state index in [1.807, 2.05) is 0 Å². The molecule has 2 N–H and O–H groups in total. The van der Waals surface area contributed by atoms with Gasteiger partial charge in [-0.1, -0.05) is 29.5 Å². The molecule has 1 aliphatic carbocycles. The zero-order valence-corrected chi connectivity index (χ0v) is 14.3. The maximum Gasteiger partial charge on any atom is 0.280 e. The Kier molecular flexibility index (Phi) is 4.81. The third-order valence-corrected chi connectivity index (χ3v) is 4.97. The molecule has 0 aliphatic heterocycles. The summed E-state index contributed by atoms with van der Waals surface area (Å²) in [7, 11) is 1.47. The Morgan fingerprint density at radius 1 is 1.38 bits per heavy atom. The van der Waals surface area contributed by atoms with Gasteiger partial charge in [-0.15, -0.1) is 11.6 Å². The Morgan fingerprint density at radius 2 is 2.12 bits per heavy atom. The van der Waals surface area contributed by atoms with Gasteiger partial charge in [0.15, 0.2) is 5.69 Å². The zero-order chi connectivity index (χ0) is 17.3. The molecule has 9 nitrogen and oxygen atoms in total. The highest BCUT2D eigenvalue weighted by Gasteiger charge is 2.32. The van der Waals surface area contributed by atoms with Crippen LogP contribution < -0.4 is 10.9 Å². The van der Waals surface area contributed by atoms with Crippen LogP contribution in [0.3, 0.4) is 0 Å². The van der Waals surface area contributed by atoms with E-state index in [0.29, 0.717) is 5.56 Å². The molecule has 24 heavy (non-hydrogen) atoms. The van der Waals surface area contributed by atoms with Crippen molar-refractivity contribution in [1.29, 1.82) is 0 Å². The predicted octanol–water partition coefficient (Wildman–Crippen LogP) is 1.46. The van der Waals surface area contributed by atoms with Crippen LogP contribution in [0.1, 0.15) is 47.7 Å². The molecule has 1 fully saturated rings. The van der Waals surface area contributed by atoms with Crippen LogP contribution >= 0.6 is 23.2 Å². The fourth-order valence-electron chi connectivity index (χ4n) is 2.89. The average molecular weight is 372 g/mol. The number of hydrogen-bond acceptors (Lipinski definition) is 6. The zero-order valence-electron chi connectivity index (χ0n) is 12.8. The summed E-state index contributed by atoms with van der Waals surface area (Å²) in [6.07, 6.45) is 3.53. The van der Waals surface area contributed by atoms with E-state index in [0.717, 1.165) is 30.4 Å². The Morgan fingerprint density at radius 3 is 2.79 bits per heavy atom. The van der Waals surface area contributed by atoms with Gasteiger partial charge in [0.05, 0.1) is 5.02 Å². The van der Waals surface area contributed by atoms with E-state index >= 15 is 0 Å². The Balaban J connectivity index is 2.02. The lowest BCUT2D eigenvalue weighted by Crippen LogP contribution is -2.33. The summed E-state index contributed by atoms with van der Waals surface area (Å²) in [6.45, 7) is 0. The Bertz CT molecular complexity index is 805. The van der Waals surface area contributed by atoms with E-state index in [2.05, 4.69) is 31.0 Å². The van der Waals surface area contributed by atoms with Crippen molar-refractivity contribution in [1.82, 2.24) is 30.4 Å². The van der Waals surface area contributed by atoms with Gasteiger partial charge >= 0.3 is 0 Å². The van der Waals surface area contributed by atoms with Gasteiger partial charge in [0.25, 0.3) is 11.5 Å². The molecular formula is C13H15Cl2N7O2. The summed E-state index contributed by atoms with van der Waals surface area (Å²) in [4.78, 5) is 24.9. The summed E-state index contributed by atoms with van der Waals surface area (Å²) in [5.41, 5.74) is -0.0650. The van der Waals surface area contributed by atoms with Crippen LogP contribution in [0, 0.1) is 0 Å². The van der Waals surface area contributed by atoms with Gasteiger partial charge in [-0.2, -0.15) is 5.10 Å². The topological polar surface area (TPSA) is 118 Å². The molecule has 2 aromatic rings. The van der Waals surface area contributed by atoms with Crippen LogP contribution in [0.25, 0.3) is 0 Å². The van der Waals surface area contributed by atoms with Crippen molar-refractivity contribution in [2.45, 2.75) is 37.0 Å². The summed E-state index contributed by atoms with van der Waals surface area (Å²) in [5.74, 6) is -0.758. The molecule has 0 bridgehead atoms. The number of halogens is 2. The first-order valence-electron chi connectivity index (χ1n) is 7.45. The molecule has 2 atom stereocenters. The molecule has 0 spiro atoms. The molecule has 11 heteroatoms. The van der Waals surface area contributed by atoms with Gasteiger partial charge in [0.2, 0.25) is 5.95 Å². The predicted molar refractivity (Wildman–Crippen MR) is 87.5 cm³/mol. The SMILES string of the molecule is Cn1nc(C(=O)Nc2nnn[nH]2)c(Cl)c(C2CCCCC2Cl)c1=O. The number of nitrogens with zero attached hydrogens (tertiary/aromatic N) is 5. The second kappa shape index (κ2) is 6.86. The van der Waals surface area contributed by atoms with Gasteiger partial charge in [-0.25, -0.2) is 9.78 Å². The number of tetrazole rings is 1. The lowest BCUT2D eigenvalue weighted by Gasteiger charge is -2.27. The molecule has 0 saturated heterocycles. The van der Waals surface area contributed by atoms with Crippen molar-refractivity contribution in [3.63, 3.8) is 0 Å². The lowest BCUT2D eigenvalue weighted by atomic mass is 9.84. The summed E-state index contributed by atoms with van der Waals surface area (Å²) in [5, 5.41) is 18.9. The van der Waals surface area contributed by atoms with E-state index < -0.39 is 5.91 Å². The number of amides is 1. The first kappa shape index (κ1) is 16.8. The number of aryl methyl sites for hydroxylation is 1. The average Bonchev–Trinajstić information content (AvgIpc) is 3.05. The molecule has 2 heterocycles. The van der Waals surface area contributed by atoms with Gasteiger partial charge in [-0.05, 0) is 23.3 Å². The van der Waals surface area contributed by atoms with Gasteiger partial charge in [0.1, 0.15) is 0 Å². The monoisotopic (exact) mass is 371 g/mol. The van der Waals surface area contributed by atoms with Crippen molar-refractivity contribution in [3.8, 4) is 0 Å². The van der Waals surface area contributed by atoms with Crippen molar-refractivity contribution < 1.29 is 4.79 Å². The number of rotatable bonds is 3. The summed E-state index contributed by atoms with van der Waals surface area (Å²) in [6, 6.07) is 0. The van der Waals surface area contributed by atoms with Gasteiger partial charge in [-0.3, -0.25) is 14.9 Å². The largest absolute Gasteiger partial charge is 0.288 e. The highest BCUT2D eigenvalue weighted by Crippen LogP contribution is 2.38. The van der Waals surface area contributed by atoms with Crippen LogP contribution in [-0.2, 0) is 7.05 Å². The van der Waals surface area contributed by atoms with Gasteiger partial charge < -0.3 is 0 Å². The van der Waals surface area contributed by atoms with Gasteiger partial charge in [0, 0.05) is 23.9 Å². The van der Waals surface area contributed by atoms with E-state index in [1.54, 1.807) is 0 Å². The molecular weight excluding hydrogens is 357 g/mol. The third kappa shape index (κ3) is 3.13. The van der Waals surface area contributed by atoms with Crippen LogP contribution in [0.15, 0.2) is 4.79 Å². The minimum absolute atomic E-state index is 0.0284. The highest BCUT2D eigenvalue weighted by molar-refractivity contribution is 6.35. The van der Waals surface area contributed by atoms with Crippen LogP contribution in [0.2, 0.25) is 5.02 Å². The lowest BCUT2D eigenvalue weighted by molar-refractivity contribution is 0.101. The van der Waals surface area contributed by atoms with E-state index in [-0.39, 0.29) is 33.5 Å². The number of H-pyrrole nitrogens is 1. The number of carbonyl (C=O) groups is 1. The molecule has 2 unspecified atom stereocenters. The molecule has 2 aromatic heterocycles. The molecule has 0 radical (unpaired) electrons. The molecule has 1 saturated carbocycles. The molecule has 3 rings (SSSR count). The number of alkyl halides is 1. The maximum absolute atomic E-state index is 12.5. The van der Waals surface area contributed by atoms with Crippen LogP contribution in [-0.4, -0.2) is 41.7 Å². The Labute approximate surface area is 146 Å². The van der Waals surface area contributed by atoms with Crippen molar-refractivity contribution >= 4 is 35.1 Å². The number of nitrogens with one attached hydrogen (secondary N) is 2. The fourth-order valence-corrected chi connectivity index (χ4v) is 3.64. The standard InChI is InChI=1S/C13H15Cl2N7O2/c1-22-12(24)8(6-4-2-3-5-7(6)14)9(15)10(19-22)11(23)16-13-17-20-21-18-13/h6-7H,2-5H2,1H3,(H2,16,17,18,20,21,23). The van der Waals surface area contributed by atoms with E-state index in [1.165, 1.54) is 7.05 Å². The molecule has 1 aliphatic rings. The first-order valence-corrected chi connectivity index (χ1v) is 8.26. The second-order valence-corrected chi connectivity index (χ2v) is 6.55. The minimum Gasteiger partial charge on any atom is -0.288 e. The number of anilines is 1. The van der Waals surface area contributed by atoms with Crippen molar-refractivity contribution in [3.05, 3.63) is 26.6 Å². The molecule has 128 valence electrons. The normalized spacial score (nSPS) is 20.8.